The van der Waals surface area contributed by atoms with Gasteiger partial charge in [0, 0.05) is 5.56 Å². The van der Waals surface area contributed by atoms with Gasteiger partial charge < -0.3 is 19.7 Å². The van der Waals surface area contributed by atoms with E-state index in [0.717, 1.165) is 10.1 Å². The van der Waals surface area contributed by atoms with Crippen LogP contribution in [0, 0.1) is 6.42 Å². The van der Waals surface area contributed by atoms with Crippen LogP contribution in [0.25, 0.3) is 5.69 Å². The number of para-hydroxylation sites is 1. The first kappa shape index (κ1) is 19.8. The van der Waals surface area contributed by atoms with Crippen molar-refractivity contribution >= 4 is 0 Å². The molecule has 2 N–H and O–H groups in total. The average Bonchev–Trinajstić information content (AvgIpc) is 3.05. The third-order valence-electron chi connectivity index (χ3n) is 5.71. The molecule has 5 atom stereocenters. The third kappa shape index (κ3) is 3.31. The summed E-state index contributed by atoms with van der Waals surface area (Å²) in [6.07, 6.45) is -2.40. The summed E-state index contributed by atoms with van der Waals surface area (Å²) in [7, 11) is 0. The standard InChI is InChI=1S/C22H22N3O6/c26-16-11-12-23-21(28)24(15-9-5-2-6-10-15)22(29)25(23)18(16)19-17(27)13-30-20(31-19)14-7-3-1-4-8-14/h1-11,16-20,26-27H,12-13H2/q+1/t16?,17-,18+,19-,20-/m1/s1. The molecule has 160 valence electrons. The Morgan fingerprint density at radius 1 is 0.935 bits per heavy atom. The summed E-state index contributed by atoms with van der Waals surface area (Å²) in [5.41, 5.74) is 0.0495. The van der Waals surface area contributed by atoms with Crippen LogP contribution in [0.5, 0.6) is 0 Å². The fourth-order valence-corrected chi connectivity index (χ4v) is 4.22. The number of ether oxygens (including phenoxy) is 2. The molecule has 1 aromatic heterocycles. The summed E-state index contributed by atoms with van der Waals surface area (Å²) in [4.78, 5) is 26.3. The van der Waals surface area contributed by atoms with E-state index in [-0.39, 0.29) is 13.2 Å². The van der Waals surface area contributed by atoms with Gasteiger partial charge in [0.25, 0.3) is 0 Å². The molecule has 2 aliphatic heterocycles. The van der Waals surface area contributed by atoms with Crippen LogP contribution in [-0.4, -0.2) is 49.1 Å². The fourth-order valence-electron chi connectivity index (χ4n) is 4.22. The number of aliphatic hydroxyl groups is 2. The molecule has 0 aliphatic carbocycles. The molecular weight excluding hydrogens is 402 g/mol. The number of aliphatic hydroxyl groups excluding tert-OH is 2. The van der Waals surface area contributed by atoms with Crippen molar-refractivity contribution in [1.82, 2.24) is 13.9 Å². The van der Waals surface area contributed by atoms with Gasteiger partial charge in [-0.25, -0.2) is 18.8 Å². The first-order chi connectivity index (χ1) is 15.1. The van der Waals surface area contributed by atoms with Gasteiger partial charge in [-0.2, -0.15) is 4.68 Å². The topological polar surface area (TPSA) is 108 Å². The van der Waals surface area contributed by atoms with Crippen molar-refractivity contribution in [3.05, 3.63) is 93.6 Å². The lowest BCUT2D eigenvalue weighted by Gasteiger charge is -2.39. The molecule has 0 bridgehead atoms. The molecular formula is C22H22N3O6+. The van der Waals surface area contributed by atoms with Crippen LogP contribution >= 0.6 is 0 Å². The van der Waals surface area contributed by atoms with Crippen LogP contribution in [0.3, 0.4) is 0 Å². The van der Waals surface area contributed by atoms with Crippen LogP contribution in [0.1, 0.15) is 17.9 Å². The predicted octanol–water partition coefficient (Wildman–Crippen LogP) is 0.396. The van der Waals surface area contributed by atoms with E-state index in [0.29, 0.717) is 5.69 Å². The van der Waals surface area contributed by atoms with Crippen LogP contribution < -0.4 is 11.4 Å². The monoisotopic (exact) mass is 424 g/mol. The van der Waals surface area contributed by atoms with Gasteiger partial charge in [-0.05, 0) is 12.1 Å². The van der Waals surface area contributed by atoms with E-state index in [1.165, 1.54) is 15.8 Å². The second-order valence-corrected chi connectivity index (χ2v) is 7.62. The summed E-state index contributed by atoms with van der Waals surface area (Å²) in [6.45, 7) is 0.0266. The Morgan fingerprint density at radius 2 is 1.61 bits per heavy atom. The Bertz CT molecular complexity index is 1170. The van der Waals surface area contributed by atoms with Gasteiger partial charge >= 0.3 is 11.4 Å². The Hall–Kier alpha value is -3.11. The zero-order valence-corrected chi connectivity index (χ0v) is 16.5. The van der Waals surface area contributed by atoms with Crippen molar-refractivity contribution in [2.75, 3.05) is 6.61 Å². The van der Waals surface area contributed by atoms with Crippen LogP contribution in [0.4, 0.5) is 0 Å². The smallest absolute Gasteiger partial charge is 0.355 e. The second kappa shape index (κ2) is 7.86. The molecule has 2 aromatic carbocycles. The molecule has 1 fully saturated rings. The first-order valence-electron chi connectivity index (χ1n) is 10.1. The molecule has 0 spiro atoms. The largest absolute Gasteiger partial charge is 0.388 e. The lowest BCUT2D eigenvalue weighted by molar-refractivity contribution is -0.273. The van der Waals surface area contributed by atoms with E-state index in [4.69, 9.17) is 9.47 Å². The zero-order chi connectivity index (χ0) is 21.5. The Kier molecular flexibility index (Phi) is 5.03. The predicted molar refractivity (Wildman–Crippen MR) is 110 cm³/mol. The normalized spacial score (nSPS) is 28.0. The lowest BCUT2D eigenvalue weighted by atomic mass is 9.96. The first-order valence-corrected chi connectivity index (χ1v) is 10.1. The molecule has 0 radical (unpaired) electrons. The van der Waals surface area contributed by atoms with Crippen molar-refractivity contribution in [3.8, 4) is 5.69 Å². The lowest BCUT2D eigenvalue weighted by Crippen LogP contribution is -2.54. The van der Waals surface area contributed by atoms with Crippen molar-refractivity contribution in [2.24, 2.45) is 0 Å². The van der Waals surface area contributed by atoms with E-state index in [2.05, 4.69) is 0 Å². The van der Waals surface area contributed by atoms with Gasteiger partial charge in [0.2, 0.25) is 6.10 Å². The van der Waals surface area contributed by atoms with Gasteiger partial charge in [0.05, 0.1) is 12.3 Å². The highest BCUT2D eigenvalue weighted by Gasteiger charge is 2.49. The van der Waals surface area contributed by atoms with Crippen molar-refractivity contribution in [1.29, 1.82) is 0 Å². The zero-order valence-electron chi connectivity index (χ0n) is 16.5. The number of rotatable bonds is 3. The summed E-state index contributed by atoms with van der Waals surface area (Å²) in [5.74, 6) is 0. The summed E-state index contributed by atoms with van der Waals surface area (Å²) < 4.78 is 15.2. The van der Waals surface area contributed by atoms with Crippen LogP contribution in [0.15, 0.2) is 70.3 Å². The van der Waals surface area contributed by atoms with E-state index in [1.807, 2.05) is 30.3 Å². The highest BCUT2D eigenvalue weighted by molar-refractivity contribution is 5.30. The highest BCUT2D eigenvalue weighted by Crippen LogP contribution is 2.34. The summed E-state index contributed by atoms with van der Waals surface area (Å²) in [5, 5.41) is 21.4. The van der Waals surface area contributed by atoms with Gasteiger partial charge in [-0.15, -0.1) is 0 Å². The Morgan fingerprint density at radius 3 is 2.32 bits per heavy atom. The number of aromatic nitrogens is 3. The Labute approximate surface area is 177 Å². The van der Waals surface area contributed by atoms with E-state index in [9.17, 15) is 19.8 Å². The van der Waals surface area contributed by atoms with Crippen molar-refractivity contribution in [2.45, 2.75) is 37.2 Å². The summed E-state index contributed by atoms with van der Waals surface area (Å²) in [6, 6.07) is 16.8. The summed E-state index contributed by atoms with van der Waals surface area (Å²) >= 11 is 0. The molecule has 9 nitrogen and oxygen atoms in total. The fraction of sp³-hybridized carbons (Fsp3) is 0.318. The maximum atomic E-state index is 13.3. The van der Waals surface area contributed by atoms with E-state index in [1.54, 1.807) is 30.3 Å². The minimum Gasteiger partial charge on any atom is -0.388 e. The molecule has 5 rings (SSSR count). The average molecular weight is 424 g/mol. The number of hydrogen-bond donors (Lipinski definition) is 2. The molecule has 3 aromatic rings. The molecule has 1 unspecified atom stereocenters. The molecule has 0 saturated carbocycles. The minimum atomic E-state index is -1.10. The number of benzene rings is 2. The number of hydrogen-bond acceptors (Lipinski definition) is 6. The molecule has 1 saturated heterocycles. The van der Waals surface area contributed by atoms with Crippen molar-refractivity contribution in [3.63, 3.8) is 0 Å². The molecule has 3 heterocycles. The van der Waals surface area contributed by atoms with Gasteiger partial charge in [0.15, 0.2) is 18.9 Å². The van der Waals surface area contributed by atoms with Gasteiger partial charge in [-0.3, -0.25) is 0 Å². The van der Waals surface area contributed by atoms with E-state index < -0.39 is 42.0 Å². The number of nitrogens with zero attached hydrogens (tertiary/aromatic N) is 3. The molecule has 9 heteroatoms. The van der Waals surface area contributed by atoms with E-state index >= 15 is 0 Å². The highest BCUT2D eigenvalue weighted by atomic mass is 16.7. The van der Waals surface area contributed by atoms with Gasteiger partial charge in [0.1, 0.15) is 18.6 Å². The minimum absolute atomic E-state index is 0.0359. The number of fused-ring (bicyclic) bond motifs is 1. The van der Waals surface area contributed by atoms with Crippen LogP contribution in [-0.2, 0) is 16.0 Å². The van der Waals surface area contributed by atoms with Crippen LogP contribution in [0.2, 0.25) is 0 Å². The molecule has 0 amide bonds. The molecule has 2 aliphatic rings. The Balaban J connectivity index is 1.58. The quantitative estimate of drug-likeness (QED) is 0.590. The maximum absolute atomic E-state index is 13.3. The SMILES string of the molecule is O=c1n(-c2ccccc2)c(=O)n2n1C[CH+]C(O)[C@H]2[C@@H]1O[C@H](c2ccccc2)OC[C@H]1O. The maximum Gasteiger partial charge on any atom is 0.355 e. The third-order valence-corrected chi connectivity index (χ3v) is 5.71. The van der Waals surface area contributed by atoms with Gasteiger partial charge in [-0.1, -0.05) is 48.5 Å². The van der Waals surface area contributed by atoms with Crippen molar-refractivity contribution < 1.29 is 19.7 Å². The molecule has 31 heavy (non-hydrogen) atoms. The second-order valence-electron chi connectivity index (χ2n) is 7.62.